The maximum atomic E-state index is 2.33. The molecule has 0 aliphatic heterocycles. The fourth-order valence-corrected chi connectivity index (χ4v) is 5.67. The summed E-state index contributed by atoms with van der Waals surface area (Å²) in [5, 5.41) is 0.270. The highest BCUT2D eigenvalue weighted by Crippen LogP contribution is 2.36. The van der Waals surface area contributed by atoms with Crippen molar-refractivity contribution in [2.75, 3.05) is 0 Å². The second kappa shape index (κ2) is 8.19. The SMILES string of the molecule is CCCC[SiH]C(CCC)(c1ccccc1)c1ccccc1. The molecule has 0 aliphatic rings. The first-order valence-corrected chi connectivity index (χ1v) is 9.68. The van der Waals surface area contributed by atoms with Crippen LogP contribution in [-0.4, -0.2) is 9.52 Å². The predicted molar refractivity (Wildman–Crippen MR) is 95.4 cm³/mol. The van der Waals surface area contributed by atoms with Crippen molar-refractivity contribution in [3.63, 3.8) is 0 Å². The summed E-state index contributed by atoms with van der Waals surface area (Å²) >= 11 is 0. The van der Waals surface area contributed by atoms with Gasteiger partial charge in [-0.25, -0.2) is 0 Å². The molecular formula is C20H27Si. The molecule has 0 spiro atoms. The van der Waals surface area contributed by atoms with Crippen LogP contribution in [0.3, 0.4) is 0 Å². The van der Waals surface area contributed by atoms with Gasteiger partial charge in [0.1, 0.15) is 0 Å². The fraction of sp³-hybridized carbons (Fsp3) is 0.400. The Balaban J connectivity index is 2.44. The lowest BCUT2D eigenvalue weighted by atomic mass is 9.86. The van der Waals surface area contributed by atoms with Crippen molar-refractivity contribution in [1.82, 2.24) is 0 Å². The highest BCUT2D eigenvalue weighted by molar-refractivity contribution is 6.41. The van der Waals surface area contributed by atoms with Crippen LogP contribution in [0.2, 0.25) is 6.04 Å². The second-order valence-electron chi connectivity index (χ2n) is 5.80. The van der Waals surface area contributed by atoms with Crippen LogP contribution < -0.4 is 0 Å². The lowest BCUT2D eigenvalue weighted by Crippen LogP contribution is -2.34. The Kier molecular flexibility index (Phi) is 6.25. The van der Waals surface area contributed by atoms with E-state index in [9.17, 15) is 0 Å². The molecule has 0 nitrogen and oxygen atoms in total. The molecule has 0 amide bonds. The van der Waals surface area contributed by atoms with Crippen molar-refractivity contribution in [2.24, 2.45) is 0 Å². The Bertz CT molecular complexity index is 464. The first kappa shape index (κ1) is 16.0. The minimum absolute atomic E-state index is 0.270. The van der Waals surface area contributed by atoms with Crippen molar-refractivity contribution in [3.8, 4) is 0 Å². The normalized spacial score (nSPS) is 11.5. The molecule has 1 heteroatoms. The first-order valence-electron chi connectivity index (χ1n) is 8.29. The van der Waals surface area contributed by atoms with E-state index in [1.807, 2.05) is 0 Å². The summed E-state index contributed by atoms with van der Waals surface area (Å²) in [4.78, 5) is 0. The average Bonchev–Trinajstić information content (AvgIpc) is 2.56. The molecule has 0 bridgehead atoms. The molecule has 0 heterocycles. The Morgan fingerprint density at radius 3 is 1.71 bits per heavy atom. The molecule has 0 saturated carbocycles. The van der Waals surface area contributed by atoms with Gasteiger partial charge in [-0.3, -0.25) is 0 Å². The quantitative estimate of drug-likeness (QED) is 0.453. The van der Waals surface area contributed by atoms with Gasteiger partial charge in [-0.1, -0.05) is 99.8 Å². The van der Waals surface area contributed by atoms with Crippen molar-refractivity contribution in [1.29, 1.82) is 0 Å². The van der Waals surface area contributed by atoms with Gasteiger partial charge in [-0.2, -0.15) is 0 Å². The maximum absolute atomic E-state index is 2.33. The van der Waals surface area contributed by atoms with Gasteiger partial charge in [-0.15, -0.1) is 0 Å². The van der Waals surface area contributed by atoms with Gasteiger partial charge in [0.05, 0.1) is 0 Å². The standard InChI is InChI=1S/C20H27Si/c1-3-5-17-21-20(16-4-2,18-12-8-6-9-13-18)19-14-10-7-11-15-19/h6-15,21H,3-5,16-17H2,1-2H3. The van der Waals surface area contributed by atoms with E-state index < -0.39 is 0 Å². The Hall–Kier alpha value is -1.34. The molecule has 111 valence electrons. The van der Waals surface area contributed by atoms with Crippen LogP contribution in [0.15, 0.2) is 60.7 Å². The zero-order chi connectivity index (χ0) is 15.0. The van der Waals surface area contributed by atoms with Gasteiger partial charge in [-0.05, 0) is 17.5 Å². The van der Waals surface area contributed by atoms with E-state index in [2.05, 4.69) is 74.5 Å². The Morgan fingerprint density at radius 1 is 0.762 bits per heavy atom. The van der Waals surface area contributed by atoms with Crippen molar-refractivity contribution >= 4 is 9.52 Å². The lowest BCUT2D eigenvalue weighted by molar-refractivity contribution is 0.619. The number of hydrogen-bond acceptors (Lipinski definition) is 0. The van der Waals surface area contributed by atoms with Gasteiger partial charge in [0.2, 0.25) is 0 Å². The monoisotopic (exact) mass is 295 g/mol. The summed E-state index contributed by atoms with van der Waals surface area (Å²) in [5.41, 5.74) is 3.04. The molecule has 2 rings (SSSR count). The molecule has 1 radical (unpaired) electrons. The number of hydrogen-bond donors (Lipinski definition) is 0. The van der Waals surface area contributed by atoms with Gasteiger partial charge in [0.15, 0.2) is 0 Å². The van der Waals surface area contributed by atoms with Crippen LogP contribution in [0, 0.1) is 0 Å². The molecule has 0 atom stereocenters. The van der Waals surface area contributed by atoms with Gasteiger partial charge < -0.3 is 0 Å². The number of benzene rings is 2. The third-order valence-electron chi connectivity index (χ3n) is 4.27. The zero-order valence-electron chi connectivity index (χ0n) is 13.4. The average molecular weight is 296 g/mol. The zero-order valence-corrected chi connectivity index (χ0v) is 14.5. The van der Waals surface area contributed by atoms with Crippen LogP contribution in [0.25, 0.3) is 0 Å². The molecule has 2 aromatic rings. The number of rotatable bonds is 8. The van der Waals surface area contributed by atoms with E-state index in [1.165, 1.54) is 42.9 Å². The number of unbranched alkanes of at least 4 members (excludes halogenated alkanes) is 1. The van der Waals surface area contributed by atoms with Gasteiger partial charge in [0.25, 0.3) is 0 Å². The van der Waals surface area contributed by atoms with Crippen molar-refractivity contribution in [3.05, 3.63) is 71.8 Å². The van der Waals surface area contributed by atoms with Crippen LogP contribution >= 0.6 is 0 Å². The highest BCUT2D eigenvalue weighted by atomic mass is 28.2. The third-order valence-corrected chi connectivity index (χ3v) is 6.62. The minimum Gasteiger partial charge on any atom is -0.0654 e. The Labute approximate surface area is 132 Å². The fourth-order valence-electron chi connectivity index (χ4n) is 3.21. The Morgan fingerprint density at radius 2 is 1.29 bits per heavy atom. The topological polar surface area (TPSA) is 0 Å². The summed E-state index contributed by atoms with van der Waals surface area (Å²) in [6.07, 6.45) is 5.17. The molecule has 2 aromatic carbocycles. The molecule has 0 N–H and O–H groups in total. The third kappa shape index (κ3) is 3.85. The van der Waals surface area contributed by atoms with E-state index in [0.29, 0.717) is 9.52 Å². The van der Waals surface area contributed by atoms with Gasteiger partial charge >= 0.3 is 0 Å². The van der Waals surface area contributed by atoms with E-state index in [-0.39, 0.29) is 5.04 Å². The van der Waals surface area contributed by atoms with Gasteiger partial charge in [0, 0.05) is 14.6 Å². The minimum atomic E-state index is 0.270. The molecule has 0 fully saturated rings. The smallest absolute Gasteiger partial charge is 0.0472 e. The highest BCUT2D eigenvalue weighted by Gasteiger charge is 2.32. The van der Waals surface area contributed by atoms with Crippen LogP contribution in [0.4, 0.5) is 0 Å². The summed E-state index contributed by atoms with van der Waals surface area (Å²) in [5.74, 6) is 0. The van der Waals surface area contributed by atoms with E-state index in [0.717, 1.165) is 0 Å². The summed E-state index contributed by atoms with van der Waals surface area (Å²) in [6.45, 7) is 4.62. The summed E-state index contributed by atoms with van der Waals surface area (Å²) in [7, 11) is 0.381. The van der Waals surface area contributed by atoms with E-state index in [4.69, 9.17) is 0 Å². The summed E-state index contributed by atoms with van der Waals surface area (Å²) < 4.78 is 0. The van der Waals surface area contributed by atoms with Crippen LogP contribution in [0.5, 0.6) is 0 Å². The molecular weight excluding hydrogens is 268 g/mol. The molecule has 0 unspecified atom stereocenters. The second-order valence-corrected chi connectivity index (χ2v) is 7.77. The van der Waals surface area contributed by atoms with Crippen LogP contribution in [-0.2, 0) is 5.04 Å². The lowest BCUT2D eigenvalue weighted by Gasteiger charge is -2.35. The van der Waals surface area contributed by atoms with Crippen molar-refractivity contribution < 1.29 is 0 Å². The molecule has 0 saturated heterocycles. The molecule has 21 heavy (non-hydrogen) atoms. The first-order chi connectivity index (χ1) is 10.3. The van der Waals surface area contributed by atoms with E-state index in [1.54, 1.807) is 0 Å². The van der Waals surface area contributed by atoms with Crippen molar-refractivity contribution in [2.45, 2.75) is 50.6 Å². The predicted octanol–water partition coefficient (Wildman–Crippen LogP) is 5.39. The molecule has 0 aromatic heterocycles. The summed E-state index contributed by atoms with van der Waals surface area (Å²) in [6, 6.07) is 23.8. The van der Waals surface area contributed by atoms with Crippen LogP contribution in [0.1, 0.15) is 50.7 Å². The largest absolute Gasteiger partial charge is 0.0654 e. The maximum Gasteiger partial charge on any atom is 0.0472 e. The molecule has 0 aliphatic carbocycles. The van der Waals surface area contributed by atoms with E-state index >= 15 is 0 Å².